The van der Waals surface area contributed by atoms with Gasteiger partial charge in [0, 0.05) is 12.1 Å². The number of carbonyl (C=O) groups is 1. The van der Waals surface area contributed by atoms with Crippen LogP contribution in [0, 0.1) is 6.92 Å². The van der Waals surface area contributed by atoms with Crippen molar-refractivity contribution in [1.29, 1.82) is 0 Å². The van der Waals surface area contributed by atoms with Gasteiger partial charge in [0.2, 0.25) is 0 Å². The van der Waals surface area contributed by atoms with Crippen LogP contribution in [0.2, 0.25) is 0 Å². The molecule has 6 nitrogen and oxygen atoms in total. The van der Waals surface area contributed by atoms with Crippen LogP contribution in [0.25, 0.3) is 5.82 Å². The van der Waals surface area contributed by atoms with Crippen LogP contribution in [0.1, 0.15) is 28.9 Å². The number of methoxy groups -OCH3 is 1. The van der Waals surface area contributed by atoms with E-state index in [4.69, 9.17) is 5.73 Å². The number of aromatic nitrogens is 3. The summed E-state index contributed by atoms with van der Waals surface area (Å²) in [6.07, 6.45) is 0.636. The van der Waals surface area contributed by atoms with Gasteiger partial charge < -0.3 is 10.5 Å². The number of hydrogen-bond donors (Lipinski definition) is 1. The van der Waals surface area contributed by atoms with Crippen LogP contribution < -0.4 is 5.73 Å². The topological polar surface area (TPSA) is 83.0 Å². The number of ether oxygens (including phenoxy) is 1. The van der Waals surface area contributed by atoms with Crippen molar-refractivity contribution in [3.63, 3.8) is 0 Å². The SMILES string of the molecule is CCc1nc(C(=O)OC)c(N)n1-c1cccc(C)n1. The van der Waals surface area contributed by atoms with Gasteiger partial charge in [0.1, 0.15) is 17.5 Å². The van der Waals surface area contributed by atoms with E-state index < -0.39 is 5.97 Å². The highest BCUT2D eigenvalue weighted by Crippen LogP contribution is 2.20. The minimum atomic E-state index is -0.543. The molecule has 0 atom stereocenters. The monoisotopic (exact) mass is 260 g/mol. The standard InChI is InChI=1S/C13H16N4O2/c1-4-9-16-11(13(18)19-3)12(14)17(9)10-7-5-6-8(2)15-10/h5-7H,4,14H2,1-3H3. The van der Waals surface area contributed by atoms with E-state index >= 15 is 0 Å². The van der Waals surface area contributed by atoms with Crippen molar-refractivity contribution >= 4 is 11.8 Å². The molecule has 2 aromatic heterocycles. The van der Waals surface area contributed by atoms with Crippen molar-refractivity contribution in [3.8, 4) is 5.82 Å². The van der Waals surface area contributed by atoms with Crippen LogP contribution in [-0.2, 0) is 11.2 Å². The molecular weight excluding hydrogens is 244 g/mol. The summed E-state index contributed by atoms with van der Waals surface area (Å²) in [7, 11) is 1.30. The van der Waals surface area contributed by atoms with Crippen LogP contribution >= 0.6 is 0 Å². The molecule has 0 unspecified atom stereocenters. The second-order valence-electron chi connectivity index (χ2n) is 4.08. The molecule has 6 heteroatoms. The first-order valence-electron chi connectivity index (χ1n) is 5.98. The van der Waals surface area contributed by atoms with Gasteiger partial charge in [-0.05, 0) is 19.1 Å². The number of nitrogen functional groups attached to an aromatic ring is 1. The first-order valence-corrected chi connectivity index (χ1v) is 5.98. The lowest BCUT2D eigenvalue weighted by Gasteiger charge is -2.08. The van der Waals surface area contributed by atoms with Gasteiger partial charge in [0.25, 0.3) is 0 Å². The van der Waals surface area contributed by atoms with Crippen molar-refractivity contribution < 1.29 is 9.53 Å². The Morgan fingerprint density at radius 3 is 2.74 bits per heavy atom. The first-order chi connectivity index (χ1) is 9.08. The van der Waals surface area contributed by atoms with Crippen LogP contribution in [0.5, 0.6) is 0 Å². The number of imidazole rings is 1. The van der Waals surface area contributed by atoms with Gasteiger partial charge in [-0.15, -0.1) is 0 Å². The number of carbonyl (C=O) groups excluding carboxylic acids is 1. The van der Waals surface area contributed by atoms with Crippen LogP contribution in [0.15, 0.2) is 18.2 Å². The highest BCUT2D eigenvalue weighted by atomic mass is 16.5. The van der Waals surface area contributed by atoms with Crippen molar-refractivity contribution in [2.75, 3.05) is 12.8 Å². The van der Waals surface area contributed by atoms with E-state index in [9.17, 15) is 4.79 Å². The summed E-state index contributed by atoms with van der Waals surface area (Å²) in [6, 6.07) is 5.60. The minimum absolute atomic E-state index is 0.127. The molecule has 100 valence electrons. The largest absolute Gasteiger partial charge is 0.464 e. The van der Waals surface area contributed by atoms with E-state index in [2.05, 4.69) is 14.7 Å². The molecule has 19 heavy (non-hydrogen) atoms. The Morgan fingerprint density at radius 2 is 2.16 bits per heavy atom. The van der Waals surface area contributed by atoms with Gasteiger partial charge in [-0.2, -0.15) is 0 Å². The molecule has 0 amide bonds. The zero-order valence-electron chi connectivity index (χ0n) is 11.2. The van der Waals surface area contributed by atoms with Crippen molar-refractivity contribution in [1.82, 2.24) is 14.5 Å². The molecule has 2 N–H and O–H groups in total. The Labute approximate surface area is 111 Å². The zero-order chi connectivity index (χ0) is 14.0. The van der Waals surface area contributed by atoms with Crippen LogP contribution in [0.3, 0.4) is 0 Å². The molecule has 0 radical (unpaired) electrons. The highest BCUT2D eigenvalue weighted by molar-refractivity contribution is 5.92. The lowest BCUT2D eigenvalue weighted by molar-refractivity contribution is 0.0596. The Bertz CT molecular complexity index is 619. The van der Waals surface area contributed by atoms with Crippen molar-refractivity contribution in [3.05, 3.63) is 35.4 Å². The predicted molar refractivity (Wildman–Crippen MR) is 71.2 cm³/mol. The van der Waals surface area contributed by atoms with Gasteiger partial charge in [-0.25, -0.2) is 14.8 Å². The van der Waals surface area contributed by atoms with Crippen molar-refractivity contribution in [2.24, 2.45) is 0 Å². The fraction of sp³-hybridized carbons (Fsp3) is 0.308. The molecule has 0 aliphatic rings. The average Bonchev–Trinajstić information content (AvgIpc) is 2.74. The number of anilines is 1. The van der Waals surface area contributed by atoms with Gasteiger partial charge in [-0.1, -0.05) is 13.0 Å². The number of pyridine rings is 1. The molecule has 0 bridgehead atoms. The number of nitrogens with two attached hydrogens (primary N) is 1. The summed E-state index contributed by atoms with van der Waals surface area (Å²) < 4.78 is 6.35. The van der Waals surface area contributed by atoms with Crippen LogP contribution in [-0.4, -0.2) is 27.6 Å². The van der Waals surface area contributed by atoms with E-state index in [-0.39, 0.29) is 11.5 Å². The molecule has 0 aliphatic heterocycles. The third-order valence-corrected chi connectivity index (χ3v) is 2.78. The lowest BCUT2D eigenvalue weighted by Crippen LogP contribution is -2.09. The number of nitrogens with zero attached hydrogens (tertiary/aromatic N) is 3. The number of aryl methyl sites for hydroxylation is 2. The summed E-state index contributed by atoms with van der Waals surface area (Å²) in [6.45, 7) is 3.83. The second kappa shape index (κ2) is 5.09. The Morgan fingerprint density at radius 1 is 1.42 bits per heavy atom. The summed E-state index contributed by atoms with van der Waals surface area (Å²) >= 11 is 0. The quantitative estimate of drug-likeness (QED) is 0.846. The number of hydrogen-bond acceptors (Lipinski definition) is 5. The van der Waals surface area contributed by atoms with E-state index in [1.54, 1.807) is 4.57 Å². The van der Waals surface area contributed by atoms with Gasteiger partial charge in [-0.3, -0.25) is 4.57 Å². The summed E-state index contributed by atoms with van der Waals surface area (Å²) in [4.78, 5) is 20.2. The van der Waals surface area contributed by atoms with Crippen molar-refractivity contribution in [2.45, 2.75) is 20.3 Å². The summed E-state index contributed by atoms with van der Waals surface area (Å²) in [5.41, 5.74) is 6.99. The molecule has 0 saturated heterocycles. The normalized spacial score (nSPS) is 10.5. The maximum Gasteiger partial charge on any atom is 0.360 e. The molecular formula is C13H16N4O2. The summed E-state index contributed by atoms with van der Waals surface area (Å²) in [5.74, 6) is 1.04. The smallest absolute Gasteiger partial charge is 0.360 e. The van der Waals surface area contributed by atoms with Crippen LogP contribution in [0.4, 0.5) is 5.82 Å². The first kappa shape index (κ1) is 13.1. The Hall–Kier alpha value is -2.37. The molecule has 0 aliphatic carbocycles. The van der Waals surface area contributed by atoms with E-state index in [1.807, 2.05) is 32.0 Å². The number of esters is 1. The second-order valence-corrected chi connectivity index (χ2v) is 4.08. The molecule has 2 aromatic rings. The molecule has 2 heterocycles. The molecule has 0 aromatic carbocycles. The van der Waals surface area contributed by atoms with Gasteiger partial charge >= 0.3 is 5.97 Å². The fourth-order valence-electron chi connectivity index (χ4n) is 1.87. The van der Waals surface area contributed by atoms with E-state index in [0.29, 0.717) is 18.1 Å². The maximum atomic E-state index is 11.6. The lowest BCUT2D eigenvalue weighted by atomic mass is 10.3. The fourth-order valence-corrected chi connectivity index (χ4v) is 1.87. The number of rotatable bonds is 3. The maximum absolute atomic E-state index is 11.6. The third-order valence-electron chi connectivity index (χ3n) is 2.78. The average molecular weight is 260 g/mol. The van der Waals surface area contributed by atoms with Gasteiger partial charge in [0.05, 0.1) is 7.11 Å². The third kappa shape index (κ3) is 2.29. The van der Waals surface area contributed by atoms with E-state index in [1.165, 1.54) is 7.11 Å². The molecule has 0 spiro atoms. The molecule has 0 fully saturated rings. The predicted octanol–water partition coefficient (Wildman–Crippen LogP) is 1.51. The zero-order valence-corrected chi connectivity index (χ0v) is 11.2. The van der Waals surface area contributed by atoms with Gasteiger partial charge in [0.15, 0.2) is 5.69 Å². The summed E-state index contributed by atoms with van der Waals surface area (Å²) in [5, 5.41) is 0. The molecule has 0 saturated carbocycles. The minimum Gasteiger partial charge on any atom is -0.464 e. The van der Waals surface area contributed by atoms with E-state index in [0.717, 1.165) is 5.69 Å². The Balaban J connectivity index is 2.62. The Kier molecular flexibility index (Phi) is 3.50. The highest BCUT2D eigenvalue weighted by Gasteiger charge is 2.21. The molecule has 2 rings (SSSR count).